The zero-order chi connectivity index (χ0) is 15.7. The number of anilines is 1. The summed E-state index contributed by atoms with van der Waals surface area (Å²) in [5.74, 6) is -0.367. The Hall–Kier alpha value is -1.59. The number of carbonyl (C=O) groups is 2. The Bertz CT molecular complexity index is 593. The second kappa shape index (κ2) is 6.26. The van der Waals surface area contributed by atoms with Crippen LogP contribution < -0.4 is 10.6 Å². The Labute approximate surface area is 135 Å². The number of nitrogens with zero attached hydrogens (tertiary/aromatic N) is 2. The third kappa shape index (κ3) is 2.83. The van der Waals surface area contributed by atoms with Crippen LogP contribution in [0.3, 0.4) is 0 Å². The van der Waals surface area contributed by atoms with Crippen LogP contribution in [0.15, 0.2) is 24.3 Å². The zero-order valence-corrected chi connectivity index (χ0v) is 13.1. The first-order valence-corrected chi connectivity index (χ1v) is 8.03. The second-order valence-electron chi connectivity index (χ2n) is 5.99. The van der Waals surface area contributed by atoms with Gasteiger partial charge in [0.1, 0.15) is 5.92 Å². The molecule has 0 saturated carbocycles. The minimum atomic E-state index is -0.560. The van der Waals surface area contributed by atoms with Crippen LogP contribution in [0.25, 0.3) is 0 Å². The van der Waals surface area contributed by atoms with E-state index in [0.29, 0.717) is 43.5 Å². The highest BCUT2D eigenvalue weighted by Crippen LogP contribution is 2.29. The predicted octanol–water partition coefficient (Wildman–Crippen LogP) is 1.50. The molecular weight excluding hydrogens is 302 g/mol. The SMILES string of the molecule is NCC1CCN(C(=O)C2CCN(c3cccc(Cl)c3)C2=O)C1. The maximum absolute atomic E-state index is 12.6. The fourth-order valence-corrected chi connectivity index (χ4v) is 3.44. The molecule has 118 valence electrons. The van der Waals surface area contributed by atoms with E-state index in [1.54, 1.807) is 21.9 Å². The smallest absolute Gasteiger partial charge is 0.239 e. The highest BCUT2D eigenvalue weighted by atomic mass is 35.5. The predicted molar refractivity (Wildman–Crippen MR) is 85.7 cm³/mol. The third-order valence-electron chi connectivity index (χ3n) is 4.55. The number of amides is 2. The minimum Gasteiger partial charge on any atom is -0.342 e. The Morgan fingerprint density at radius 1 is 1.32 bits per heavy atom. The van der Waals surface area contributed by atoms with Gasteiger partial charge in [0.05, 0.1) is 0 Å². The van der Waals surface area contributed by atoms with Crippen molar-refractivity contribution in [3.8, 4) is 0 Å². The van der Waals surface area contributed by atoms with Crippen molar-refractivity contribution < 1.29 is 9.59 Å². The molecule has 2 aliphatic heterocycles. The number of carbonyl (C=O) groups excluding carboxylic acids is 2. The standard InChI is InChI=1S/C16H20ClN3O2/c17-12-2-1-3-13(8-12)20-7-5-14(16(20)22)15(21)19-6-4-11(9-18)10-19/h1-3,8,11,14H,4-7,9-10,18H2. The molecule has 3 rings (SSSR count). The molecule has 0 aromatic heterocycles. The number of halogens is 1. The van der Waals surface area contributed by atoms with Gasteiger partial charge in [-0.25, -0.2) is 0 Å². The van der Waals surface area contributed by atoms with Gasteiger partial charge in [-0.1, -0.05) is 17.7 Å². The monoisotopic (exact) mass is 321 g/mol. The first kappa shape index (κ1) is 15.3. The average Bonchev–Trinajstić information content (AvgIpc) is 3.13. The maximum Gasteiger partial charge on any atom is 0.239 e. The minimum absolute atomic E-state index is 0.0505. The molecule has 2 saturated heterocycles. The summed E-state index contributed by atoms with van der Waals surface area (Å²) in [4.78, 5) is 28.6. The van der Waals surface area contributed by atoms with Gasteiger partial charge in [0, 0.05) is 30.3 Å². The average molecular weight is 322 g/mol. The molecule has 0 radical (unpaired) electrons. The fraction of sp³-hybridized carbons (Fsp3) is 0.500. The molecule has 2 atom stereocenters. The van der Waals surface area contributed by atoms with Crippen molar-refractivity contribution >= 4 is 29.1 Å². The summed E-state index contributed by atoms with van der Waals surface area (Å²) >= 11 is 5.98. The van der Waals surface area contributed by atoms with Gasteiger partial charge in [-0.05, 0) is 43.5 Å². The van der Waals surface area contributed by atoms with Gasteiger partial charge >= 0.3 is 0 Å². The lowest BCUT2D eigenvalue weighted by Gasteiger charge is -2.21. The summed E-state index contributed by atoms with van der Waals surface area (Å²) < 4.78 is 0. The molecule has 2 unspecified atom stereocenters. The van der Waals surface area contributed by atoms with Gasteiger partial charge in [0.15, 0.2) is 0 Å². The van der Waals surface area contributed by atoms with Gasteiger partial charge in [0.2, 0.25) is 11.8 Å². The second-order valence-corrected chi connectivity index (χ2v) is 6.42. The van der Waals surface area contributed by atoms with Crippen LogP contribution in [0.4, 0.5) is 5.69 Å². The first-order valence-electron chi connectivity index (χ1n) is 7.66. The van der Waals surface area contributed by atoms with E-state index in [2.05, 4.69) is 0 Å². The fourth-order valence-electron chi connectivity index (χ4n) is 3.26. The van der Waals surface area contributed by atoms with E-state index in [0.717, 1.165) is 12.1 Å². The quantitative estimate of drug-likeness (QED) is 0.858. The third-order valence-corrected chi connectivity index (χ3v) is 4.79. The topological polar surface area (TPSA) is 66.6 Å². The summed E-state index contributed by atoms with van der Waals surface area (Å²) in [5, 5.41) is 0.588. The van der Waals surface area contributed by atoms with Gasteiger partial charge in [-0.15, -0.1) is 0 Å². The summed E-state index contributed by atoms with van der Waals surface area (Å²) in [6.07, 6.45) is 1.50. The van der Waals surface area contributed by atoms with Crippen LogP contribution in [-0.2, 0) is 9.59 Å². The number of likely N-dealkylation sites (tertiary alicyclic amines) is 1. The van der Waals surface area contributed by atoms with E-state index < -0.39 is 5.92 Å². The molecule has 5 nitrogen and oxygen atoms in total. The van der Waals surface area contributed by atoms with Crippen molar-refractivity contribution in [2.24, 2.45) is 17.6 Å². The normalized spacial score (nSPS) is 25.1. The van der Waals surface area contributed by atoms with Crippen LogP contribution in [-0.4, -0.2) is 42.9 Å². The summed E-state index contributed by atoms with van der Waals surface area (Å²) in [5.41, 5.74) is 6.42. The van der Waals surface area contributed by atoms with E-state index in [1.807, 2.05) is 12.1 Å². The maximum atomic E-state index is 12.6. The molecule has 2 N–H and O–H groups in total. The van der Waals surface area contributed by atoms with Crippen LogP contribution >= 0.6 is 11.6 Å². The molecule has 1 aromatic carbocycles. The lowest BCUT2D eigenvalue weighted by molar-refractivity contribution is -0.139. The Morgan fingerprint density at radius 2 is 2.14 bits per heavy atom. The van der Waals surface area contributed by atoms with Gasteiger partial charge in [-0.2, -0.15) is 0 Å². The van der Waals surface area contributed by atoms with Crippen molar-refractivity contribution in [3.63, 3.8) is 0 Å². The lowest BCUT2D eigenvalue weighted by Crippen LogP contribution is -2.39. The van der Waals surface area contributed by atoms with Crippen LogP contribution in [0.5, 0.6) is 0 Å². The zero-order valence-electron chi connectivity index (χ0n) is 12.4. The van der Waals surface area contributed by atoms with Gasteiger partial charge in [-0.3, -0.25) is 9.59 Å². The Kier molecular flexibility index (Phi) is 4.36. The molecule has 2 heterocycles. The van der Waals surface area contributed by atoms with Gasteiger partial charge < -0.3 is 15.5 Å². The van der Waals surface area contributed by atoms with E-state index in [-0.39, 0.29) is 11.8 Å². The van der Waals surface area contributed by atoms with Crippen LogP contribution in [0.1, 0.15) is 12.8 Å². The molecule has 1 aromatic rings. The number of benzene rings is 1. The van der Waals surface area contributed by atoms with Crippen LogP contribution in [0.2, 0.25) is 5.02 Å². The van der Waals surface area contributed by atoms with Crippen molar-refractivity contribution in [1.82, 2.24) is 4.90 Å². The molecule has 6 heteroatoms. The molecule has 2 fully saturated rings. The van der Waals surface area contributed by atoms with E-state index in [1.165, 1.54) is 0 Å². The molecule has 2 amide bonds. The van der Waals surface area contributed by atoms with Crippen molar-refractivity contribution in [2.75, 3.05) is 31.1 Å². The Balaban J connectivity index is 1.70. The van der Waals surface area contributed by atoms with E-state index in [9.17, 15) is 9.59 Å². The van der Waals surface area contributed by atoms with E-state index >= 15 is 0 Å². The molecule has 0 bridgehead atoms. The van der Waals surface area contributed by atoms with Gasteiger partial charge in [0.25, 0.3) is 0 Å². The van der Waals surface area contributed by atoms with Crippen LogP contribution in [0, 0.1) is 11.8 Å². The molecule has 22 heavy (non-hydrogen) atoms. The van der Waals surface area contributed by atoms with Crippen molar-refractivity contribution in [2.45, 2.75) is 12.8 Å². The number of hydrogen-bond donors (Lipinski definition) is 1. The lowest BCUT2D eigenvalue weighted by atomic mass is 10.1. The number of rotatable bonds is 3. The van der Waals surface area contributed by atoms with E-state index in [4.69, 9.17) is 17.3 Å². The summed E-state index contributed by atoms with van der Waals surface area (Å²) in [7, 11) is 0. The highest BCUT2D eigenvalue weighted by Gasteiger charge is 2.41. The Morgan fingerprint density at radius 3 is 2.82 bits per heavy atom. The molecule has 0 aliphatic carbocycles. The highest BCUT2D eigenvalue weighted by molar-refractivity contribution is 6.31. The van der Waals surface area contributed by atoms with Crippen molar-refractivity contribution in [1.29, 1.82) is 0 Å². The summed E-state index contributed by atoms with van der Waals surface area (Å²) in [6.45, 7) is 2.54. The molecular formula is C16H20ClN3O2. The number of hydrogen-bond acceptors (Lipinski definition) is 3. The molecule has 0 spiro atoms. The number of nitrogens with two attached hydrogens (primary N) is 1. The largest absolute Gasteiger partial charge is 0.342 e. The summed E-state index contributed by atoms with van der Waals surface area (Å²) in [6, 6.07) is 7.18. The first-order chi connectivity index (χ1) is 10.6. The van der Waals surface area contributed by atoms with Crippen molar-refractivity contribution in [3.05, 3.63) is 29.3 Å². The molecule has 2 aliphatic rings.